The fourth-order valence-corrected chi connectivity index (χ4v) is 2.45. The Kier molecular flexibility index (Phi) is 7.43. The van der Waals surface area contributed by atoms with Gasteiger partial charge in [0.1, 0.15) is 6.04 Å². The minimum atomic E-state index is -1.06. The van der Waals surface area contributed by atoms with Crippen molar-refractivity contribution in [3.63, 3.8) is 0 Å². The van der Waals surface area contributed by atoms with Gasteiger partial charge in [0.25, 0.3) is 0 Å². The lowest BCUT2D eigenvalue weighted by atomic mass is 10.1. The number of benzene rings is 1. The summed E-state index contributed by atoms with van der Waals surface area (Å²) >= 11 is 7.07. The van der Waals surface area contributed by atoms with E-state index < -0.39 is 12.0 Å². The van der Waals surface area contributed by atoms with Crippen molar-refractivity contribution in [1.29, 1.82) is 0 Å². The van der Waals surface area contributed by atoms with Crippen LogP contribution < -0.4 is 11.1 Å². The largest absolute Gasteiger partial charge is 0.480 e. The van der Waals surface area contributed by atoms with Crippen LogP contribution in [-0.4, -0.2) is 41.1 Å². The molecule has 5 nitrogen and oxygen atoms in total. The van der Waals surface area contributed by atoms with Crippen molar-refractivity contribution < 1.29 is 14.7 Å². The summed E-state index contributed by atoms with van der Waals surface area (Å²) in [6.45, 7) is 0.519. The first-order valence-corrected chi connectivity index (χ1v) is 7.59. The van der Waals surface area contributed by atoms with Gasteiger partial charge in [0.15, 0.2) is 0 Å². The molecule has 0 radical (unpaired) electrons. The zero-order valence-corrected chi connectivity index (χ0v) is 12.4. The maximum absolute atomic E-state index is 11.5. The summed E-state index contributed by atoms with van der Waals surface area (Å²) in [5.74, 6) is -0.762. The maximum Gasteiger partial charge on any atom is 0.321 e. The Balaban J connectivity index is 2.16. The smallest absolute Gasteiger partial charge is 0.321 e. The van der Waals surface area contributed by atoms with E-state index >= 15 is 0 Å². The van der Waals surface area contributed by atoms with Crippen LogP contribution in [0, 0.1) is 0 Å². The first-order valence-electron chi connectivity index (χ1n) is 6.06. The summed E-state index contributed by atoms with van der Waals surface area (Å²) in [5.41, 5.74) is 6.38. The molecule has 7 heteroatoms. The highest BCUT2D eigenvalue weighted by Crippen LogP contribution is 2.10. The number of hydrogen-bond acceptors (Lipinski definition) is 4. The van der Waals surface area contributed by atoms with Gasteiger partial charge in [-0.25, -0.2) is 0 Å². The van der Waals surface area contributed by atoms with Gasteiger partial charge in [-0.05, 0) is 24.1 Å². The summed E-state index contributed by atoms with van der Waals surface area (Å²) in [4.78, 5) is 22.0. The van der Waals surface area contributed by atoms with Gasteiger partial charge in [-0.3, -0.25) is 9.59 Å². The third kappa shape index (κ3) is 6.79. The Morgan fingerprint density at radius 2 is 2.20 bits per heavy atom. The summed E-state index contributed by atoms with van der Waals surface area (Å²) in [7, 11) is 0. The van der Waals surface area contributed by atoms with E-state index in [4.69, 9.17) is 22.4 Å². The minimum Gasteiger partial charge on any atom is -0.480 e. The number of thioether (sulfide) groups is 1. The minimum absolute atomic E-state index is 0.130. The molecule has 1 aromatic rings. The number of hydrogen-bond donors (Lipinski definition) is 3. The van der Waals surface area contributed by atoms with Gasteiger partial charge >= 0.3 is 5.97 Å². The van der Waals surface area contributed by atoms with Gasteiger partial charge in [-0.1, -0.05) is 23.7 Å². The van der Waals surface area contributed by atoms with Crippen molar-refractivity contribution in [2.75, 3.05) is 18.1 Å². The van der Waals surface area contributed by atoms with Gasteiger partial charge in [0.05, 0.1) is 5.75 Å². The normalized spacial score (nSPS) is 11.9. The first kappa shape index (κ1) is 16.8. The zero-order valence-electron chi connectivity index (χ0n) is 10.8. The molecular weight excluding hydrogens is 300 g/mol. The summed E-state index contributed by atoms with van der Waals surface area (Å²) in [5, 5.41) is 12.0. The highest BCUT2D eigenvalue weighted by molar-refractivity contribution is 8.00. The van der Waals surface area contributed by atoms with Gasteiger partial charge in [-0.15, -0.1) is 11.8 Å². The van der Waals surface area contributed by atoms with Gasteiger partial charge in [-0.2, -0.15) is 0 Å². The Labute approximate surface area is 126 Å². The number of carbonyl (C=O) groups excluding carboxylic acids is 1. The molecule has 0 aromatic heterocycles. The molecule has 20 heavy (non-hydrogen) atoms. The molecule has 0 bridgehead atoms. The van der Waals surface area contributed by atoms with E-state index in [2.05, 4.69) is 5.32 Å². The molecule has 0 aliphatic rings. The average Bonchev–Trinajstić information content (AvgIpc) is 2.38. The molecule has 0 saturated heterocycles. The third-order valence-electron chi connectivity index (χ3n) is 2.47. The molecule has 1 atom stereocenters. The predicted octanol–water partition coefficient (Wildman–Crippen LogP) is 1.14. The van der Waals surface area contributed by atoms with Gasteiger partial charge in [0.2, 0.25) is 5.91 Å². The molecule has 0 aliphatic carbocycles. The maximum atomic E-state index is 11.5. The van der Waals surface area contributed by atoms with Crippen LogP contribution in [0.5, 0.6) is 0 Å². The second kappa shape index (κ2) is 8.84. The topological polar surface area (TPSA) is 92.4 Å². The fourth-order valence-electron chi connectivity index (χ4n) is 1.44. The number of rotatable bonds is 8. The third-order valence-corrected chi connectivity index (χ3v) is 3.77. The summed E-state index contributed by atoms with van der Waals surface area (Å²) in [6, 6.07) is 6.53. The Bertz CT molecular complexity index is 471. The predicted molar refractivity (Wildman–Crippen MR) is 81.1 cm³/mol. The highest BCUT2D eigenvalue weighted by atomic mass is 35.5. The van der Waals surface area contributed by atoms with Crippen LogP contribution in [0.15, 0.2) is 24.3 Å². The van der Waals surface area contributed by atoms with Crippen molar-refractivity contribution in [1.82, 2.24) is 5.32 Å². The molecule has 1 amide bonds. The Morgan fingerprint density at radius 1 is 1.45 bits per heavy atom. The zero-order chi connectivity index (χ0) is 15.0. The van der Waals surface area contributed by atoms with Gasteiger partial charge in [0, 0.05) is 17.3 Å². The van der Waals surface area contributed by atoms with E-state index in [9.17, 15) is 9.59 Å². The average molecular weight is 317 g/mol. The molecule has 0 aliphatic heterocycles. The Hall–Kier alpha value is -1.24. The molecule has 0 fully saturated rings. The standard InChI is InChI=1S/C13H17ClN2O3S/c14-10-3-1-2-9(6-10)4-5-16-12(17)8-20-7-11(15)13(18)19/h1-3,6,11H,4-5,7-8,15H2,(H,16,17)(H,18,19)/t11-/m0/s1. The molecule has 0 unspecified atom stereocenters. The van der Waals surface area contributed by atoms with Crippen molar-refractivity contribution in [3.05, 3.63) is 34.9 Å². The van der Waals surface area contributed by atoms with E-state index in [-0.39, 0.29) is 17.4 Å². The lowest BCUT2D eigenvalue weighted by Crippen LogP contribution is -2.33. The molecule has 4 N–H and O–H groups in total. The van der Waals surface area contributed by atoms with Crippen LogP contribution in [0.4, 0.5) is 0 Å². The lowest BCUT2D eigenvalue weighted by Gasteiger charge is -2.07. The van der Waals surface area contributed by atoms with E-state index in [0.717, 1.165) is 5.56 Å². The second-order valence-electron chi connectivity index (χ2n) is 4.19. The lowest BCUT2D eigenvalue weighted by molar-refractivity contribution is -0.138. The van der Waals surface area contributed by atoms with Gasteiger partial charge < -0.3 is 16.2 Å². The van der Waals surface area contributed by atoms with Crippen molar-refractivity contribution >= 4 is 35.2 Å². The number of halogens is 1. The molecule has 0 heterocycles. The second-order valence-corrected chi connectivity index (χ2v) is 5.66. The molecular formula is C13H17ClN2O3S. The number of carboxylic acid groups (broad SMARTS) is 1. The molecule has 1 rings (SSSR count). The molecule has 110 valence electrons. The van der Waals surface area contributed by atoms with Crippen LogP contribution in [-0.2, 0) is 16.0 Å². The van der Waals surface area contributed by atoms with Crippen LogP contribution >= 0.6 is 23.4 Å². The van der Waals surface area contributed by atoms with Crippen LogP contribution in [0.25, 0.3) is 0 Å². The number of aliphatic carboxylic acids is 1. The number of nitrogens with two attached hydrogens (primary N) is 1. The van der Waals surface area contributed by atoms with E-state index in [1.54, 1.807) is 6.07 Å². The molecule has 0 saturated carbocycles. The summed E-state index contributed by atoms with van der Waals surface area (Å²) in [6.07, 6.45) is 0.700. The number of carbonyl (C=O) groups is 2. The van der Waals surface area contributed by atoms with Crippen LogP contribution in [0.3, 0.4) is 0 Å². The number of carboxylic acids is 1. The first-order chi connectivity index (χ1) is 9.49. The van der Waals surface area contributed by atoms with Crippen molar-refractivity contribution in [3.8, 4) is 0 Å². The summed E-state index contributed by atoms with van der Waals surface area (Å²) < 4.78 is 0. The SMILES string of the molecule is N[C@@H](CSCC(=O)NCCc1cccc(Cl)c1)C(=O)O. The quantitative estimate of drug-likeness (QED) is 0.669. The van der Waals surface area contributed by atoms with Crippen molar-refractivity contribution in [2.45, 2.75) is 12.5 Å². The van der Waals surface area contributed by atoms with E-state index in [1.165, 1.54) is 11.8 Å². The fraction of sp³-hybridized carbons (Fsp3) is 0.385. The number of nitrogens with one attached hydrogen (secondary N) is 1. The van der Waals surface area contributed by atoms with Crippen molar-refractivity contribution in [2.24, 2.45) is 5.73 Å². The number of amides is 1. The monoisotopic (exact) mass is 316 g/mol. The molecule has 1 aromatic carbocycles. The van der Waals surface area contributed by atoms with E-state index in [1.807, 2.05) is 18.2 Å². The van der Waals surface area contributed by atoms with Crippen LogP contribution in [0.2, 0.25) is 5.02 Å². The van der Waals surface area contributed by atoms with Crippen LogP contribution in [0.1, 0.15) is 5.56 Å². The van der Waals surface area contributed by atoms with E-state index in [0.29, 0.717) is 18.0 Å². The molecule has 0 spiro atoms. The Morgan fingerprint density at radius 3 is 2.85 bits per heavy atom. The highest BCUT2D eigenvalue weighted by Gasteiger charge is 2.11.